The van der Waals surface area contributed by atoms with Crippen molar-refractivity contribution in [3.8, 4) is 0 Å². The third kappa shape index (κ3) is 11.2. The number of rotatable bonds is 8. The molecule has 0 aromatic carbocycles. The average molecular weight is 303 g/mol. The maximum absolute atomic E-state index is 11.6. The molecular formula is C15H29NO5. The van der Waals surface area contributed by atoms with E-state index >= 15 is 0 Å². The highest BCUT2D eigenvalue weighted by Crippen LogP contribution is 2.16. The van der Waals surface area contributed by atoms with Crippen LogP contribution in [0.1, 0.15) is 60.8 Å². The summed E-state index contributed by atoms with van der Waals surface area (Å²) in [6, 6.07) is 0. The molecule has 0 heterocycles. The van der Waals surface area contributed by atoms with E-state index in [-0.39, 0.29) is 12.2 Å². The molecule has 0 fully saturated rings. The highest BCUT2D eigenvalue weighted by Gasteiger charge is 2.27. The second kappa shape index (κ2) is 9.00. The zero-order valence-corrected chi connectivity index (χ0v) is 14.1. The van der Waals surface area contributed by atoms with Gasteiger partial charge in [-0.1, -0.05) is 13.3 Å². The zero-order valence-electron chi connectivity index (χ0n) is 14.1. The van der Waals surface area contributed by atoms with Crippen LogP contribution in [0.5, 0.6) is 0 Å². The molecule has 0 saturated heterocycles. The molecule has 1 amide bonds. The third-order valence-electron chi connectivity index (χ3n) is 2.47. The molecule has 0 radical (unpaired) electrons. The number of ether oxygens (including phenoxy) is 1. The van der Waals surface area contributed by atoms with Crippen LogP contribution in [-0.2, 0) is 24.1 Å². The molecule has 1 N–H and O–H groups in total. The molecule has 0 aliphatic heterocycles. The Hall–Kier alpha value is -1.14. The molecular weight excluding hydrogens is 274 g/mol. The van der Waals surface area contributed by atoms with Crippen molar-refractivity contribution in [2.75, 3.05) is 13.2 Å². The van der Waals surface area contributed by atoms with Crippen LogP contribution >= 0.6 is 0 Å². The fraction of sp³-hybridized carbons (Fsp3) is 0.867. The van der Waals surface area contributed by atoms with Crippen LogP contribution in [0.25, 0.3) is 0 Å². The van der Waals surface area contributed by atoms with E-state index in [1.807, 2.05) is 27.7 Å². The zero-order chi connectivity index (χ0) is 16.5. The van der Waals surface area contributed by atoms with Crippen molar-refractivity contribution in [2.45, 2.75) is 72.0 Å². The summed E-state index contributed by atoms with van der Waals surface area (Å²) < 4.78 is 5.18. The normalized spacial score (nSPS) is 12.1. The molecule has 6 heteroatoms. The van der Waals surface area contributed by atoms with E-state index in [0.717, 1.165) is 12.8 Å². The minimum absolute atomic E-state index is 0.273. The number of carbonyl (C=O) groups excluding carboxylic acids is 2. The van der Waals surface area contributed by atoms with Crippen LogP contribution in [-0.4, -0.2) is 36.2 Å². The Balaban J connectivity index is 4.04. The Bertz CT molecular complexity index is 333. The summed E-state index contributed by atoms with van der Waals surface area (Å²) in [5.74, 6) is -1.57. The SMILES string of the molecule is CCCCNC(=O)C(=O)OC(C)(C)CCOOC(C)(C)C. The lowest BCUT2D eigenvalue weighted by Gasteiger charge is -2.25. The first-order chi connectivity index (χ1) is 9.57. The number of amides is 1. The number of hydrogen-bond donors (Lipinski definition) is 1. The number of nitrogens with one attached hydrogen (secondary N) is 1. The van der Waals surface area contributed by atoms with Crippen molar-refractivity contribution >= 4 is 11.9 Å². The van der Waals surface area contributed by atoms with Gasteiger partial charge in [-0.25, -0.2) is 14.6 Å². The molecule has 0 spiro atoms. The summed E-state index contributed by atoms with van der Waals surface area (Å²) in [4.78, 5) is 33.3. The van der Waals surface area contributed by atoms with Crippen molar-refractivity contribution in [1.29, 1.82) is 0 Å². The van der Waals surface area contributed by atoms with E-state index in [9.17, 15) is 9.59 Å². The van der Waals surface area contributed by atoms with E-state index in [2.05, 4.69) is 5.32 Å². The standard InChI is InChI=1S/C15H29NO5/c1-7-8-10-16-12(17)13(18)20-15(5,6)9-11-19-21-14(2,3)4/h7-11H2,1-6H3,(H,16,17). The minimum Gasteiger partial charge on any atom is -0.452 e. The van der Waals surface area contributed by atoms with E-state index in [0.29, 0.717) is 13.0 Å². The molecule has 0 saturated carbocycles. The highest BCUT2D eigenvalue weighted by molar-refractivity contribution is 6.32. The van der Waals surface area contributed by atoms with Crippen LogP contribution in [0.2, 0.25) is 0 Å². The summed E-state index contributed by atoms with van der Waals surface area (Å²) >= 11 is 0. The van der Waals surface area contributed by atoms with Gasteiger partial charge in [0.1, 0.15) is 5.60 Å². The number of hydrogen-bond acceptors (Lipinski definition) is 5. The quantitative estimate of drug-likeness (QED) is 0.245. The maximum Gasteiger partial charge on any atom is 0.397 e. The van der Waals surface area contributed by atoms with Gasteiger partial charge in [-0.05, 0) is 41.0 Å². The summed E-state index contributed by atoms with van der Waals surface area (Å²) in [5.41, 5.74) is -1.18. The fourth-order valence-corrected chi connectivity index (χ4v) is 1.31. The first-order valence-corrected chi connectivity index (χ1v) is 7.39. The van der Waals surface area contributed by atoms with Crippen LogP contribution in [0.3, 0.4) is 0 Å². The average Bonchev–Trinajstić information content (AvgIpc) is 2.33. The van der Waals surface area contributed by atoms with Gasteiger partial charge >= 0.3 is 11.9 Å². The molecule has 0 aliphatic rings. The Labute approximate surface area is 127 Å². The molecule has 0 aliphatic carbocycles. The Morgan fingerprint density at radius 1 is 1.10 bits per heavy atom. The monoisotopic (exact) mass is 303 g/mol. The minimum atomic E-state index is -0.868. The van der Waals surface area contributed by atoms with Gasteiger partial charge in [0.15, 0.2) is 0 Å². The third-order valence-corrected chi connectivity index (χ3v) is 2.47. The Morgan fingerprint density at radius 3 is 2.24 bits per heavy atom. The topological polar surface area (TPSA) is 73.9 Å². The number of carbonyl (C=O) groups is 2. The van der Waals surface area contributed by atoms with Gasteiger partial charge in [0, 0.05) is 13.0 Å². The molecule has 0 aromatic heterocycles. The van der Waals surface area contributed by atoms with Crippen molar-refractivity contribution in [2.24, 2.45) is 0 Å². The largest absolute Gasteiger partial charge is 0.452 e. The van der Waals surface area contributed by atoms with Crippen molar-refractivity contribution in [1.82, 2.24) is 5.32 Å². The molecule has 6 nitrogen and oxygen atoms in total. The fourth-order valence-electron chi connectivity index (χ4n) is 1.31. The Kier molecular flexibility index (Phi) is 8.51. The smallest absolute Gasteiger partial charge is 0.397 e. The van der Waals surface area contributed by atoms with Crippen molar-refractivity contribution in [3.05, 3.63) is 0 Å². The Morgan fingerprint density at radius 2 is 1.71 bits per heavy atom. The highest BCUT2D eigenvalue weighted by atomic mass is 17.2. The molecule has 0 unspecified atom stereocenters. The van der Waals surface area contributed by atoms with Gasteiger partial charge in [0.25, 0.3) is 0 Å². The summed E-state index contributed by atoms with van der Waals surface area (Å²) in [6.07, 6.45) is 2.21. The van der Waals surface area contributed by atoms with E-state index in [1.54, 1.807) is 13.8 Å². The summed E-state index contributed by atoms with van der Waals surface area (Å²) in [6.45, 7) is 11.8. The van der Waals surface area contributed by atoms with Gasteiger partial charge in [0.2, 0.25) is 0 Å². The summed E-state index contributed by atoms with van der Waals surface area (Å²) in [5, 5.41) is 2.52. The molecule has 0 bridgehead atoms. The number of esters is 1. The predicted molar refractivity (Wildman–Crippen MR) is 79.5 cm³/mol. The van der Waals surface area contributed by atoms with Gasteiger partial charge in [-0.15, -0.1) is 0 Å². The van der Waals surface area contributed by atoms with Gasteiger partial charge in [-0.2, -0.15) is 0 Å². The number of unbranched alkanes of at least 4 members (excludes halogenated alkanes) is 1. The van der Waals surface area contributed by atoms with Crippen molar-refractivity contribution in [3.63, 3.8) is 0 Å². The lowest BCUT2D eigenvalue weighted by atomic mass is 10.1. The van der Waals surface area contributed by atoms with E-state index < -0.39 is 17.5 Å². The molecule has 0 rings (SSSR count). The first kappa shape index (κ1) is 19.9. The first-order valence-electron chi connectivity index (χ1n) is 7.39. The molecule has 21 heavy (non-hydrogen) atoms. The van der Waals surface area contributed by atoms with Crippen LogP contribution in [0.15, 0.2) is 0 Å². The second-order valence-corrected chi connectivity index (χ2v) is 6.53. The van der Waals surface area contributed by atoms with Gasteiger partial charge in [-0.3, -0.25) is 4.79 Å². The van der Waals surface area contributed by atoms with Crippen LogP contribution in [0.4, 0.5) is 0 Å². The molecule has 124 valence electrons. The van der Waals surface area contributed by atoms with Gasteiger partial charge < -0.3 is 10.1 Å². The van der Waals surface area contributed by atoms with Crippen LogP contribution < -0.4 is 5.32 Å². The molecule has 0 atom stereocenters. The molecule has 0 aromatic rings. The van der Waals surface area contributed by atoms with Crippen molar-refractivity contribution < 1.29 is 24.1 Å². The lowest BCUT2D eigenvalue weighted by molar-refractivity contribution is -0.351. The second-order valence-electron chi connectivity index (χ2n) is 6.53. The maximum atomic E-state index is 11.6. The van der Waals surface area contributed by atoms with E-state index in [1.165, 1.54) is 0 Å². The van der Waals surface area contributed by atoms with E-state index in [4.69, 9.17) is 14.5 Å². The predicted octanol–water partition coefficient (Wildman–Crippen LogP) is 2.36. The summed E-state index contributed by atoms with van der Waals surface area (Å²) in [7, 11) is 0. The lowest BCUT2D eigenvalue weighted by Crippen LogP contribution is -2.39. The van der Waals surface area contributed by atoms with Gasteiger partial charge in [0.05, 0.1) is 12.2 Å². The van der Waals surface area contributed by atoms with Crippen LogP contribution in [0, 0.1) is 0 Å².